The molecule has 3 heteroatoms. The quantitative estimate of drug-likeness (QED) is 0.161. The Hall–Kier alpha value is -8.14. The fourth-order valence-electron chi connectivity index (χ4n) is 9.39. The molecule has 12 aromatic rings. The van der Waals surface area contributed by atoms with Gasteiger partial charge in [-0.25, -0.2) is 0 Å². The van der Waals surface area contributed by atoms with Crippen LogP contribution in [0.25, 0.3) is 93.6 Å². The predicted molar refractivity (Wildman–Crippen MR) is 257 cm³/mol. The molecule has 0 N–H and O–H groups in total. The molecule has 0 atom stereocenters. The van der Waals surface area contributed by atoms with Gasteiger partial charge in [-0.05, 0) is 111 Å². The van der Waals surface area contributed by atoms with E-state index in [0.717, 1.165) is 66.9 Å². The van der Waals surface area contributed by atoms with Gasteiger partial charge in [0.25, 0.3) is 0 Å². The lowest BCUT2D eigenvalue weighted by Gasteiger charge is -2.27. The molecule has 286 valence electrons. The molecule has 2 heterocycles. The molecule has 0 saturated carbocycles. The van der Waals surface area contributed by atoms with Crippen molar-refractivity contribution in [1.29, 1.82) is 0 Å². The molecule has 0 bridgehead atoms. The third kappa shape index (κ3) is 5.82. The molecule has 0 fully saturated rings. The van der Waals surface area contributed by atoms with Gasteiger partial charge in [-0.1, -0.05) is 164 Å². The van der Waals surface area contributed by atoms with E-state index in [1.54, 1.807) is 0 Å². The molecule has 61 heavy (non-hydrogen) atoms. The summed E-state index contributed by atoms with van der Waals surface area (Å²) in [6.45, 7) is 0. The molecule has 12 rings (SSSR count). The summed E-state index contributed by atoms with van der Waals surface area (Å²) in [6.07, 6.45) is 0. The highest BCUT2D eigenvalue weighted by Crippen LogP contribution is 2.48. The molecule has 0 aliphatic carbocycles. The Labute approximate surface area is 353 Å². The van der Waals surface area contributed by atoms with Crippen molar-refractivity contribution in [3.63, 3.8) is 0 Å². The lowest BCUT2D eigenvalue weighted by atomic mass is 9.95. The van der Waals surface area contributed by atoms with E-state index in [1.807, 2.05) is 0 Å². The lowest BCUT2D eigenvalue weighted by molar-refractivity contribution is 0.669. The van der Waals surface area contributed by atoms with E-state index in [-0.39, 0.29) is 0 Å². The standard InChI is InChI=1S/C58H38N2O/c1-4-15-39(16-5-1)40-27-29-41(30-28-40)42-31-34-47(35-32-42)59(45-18-6-2-7-19-45)53-37-44(38-55-58(53)57-48-22-11-10-17-43(48)33-36-54(57)61-55)49-24-14-26-52-56(49)50-23-12-13-25-51(50)60(52)46-20-8-3-9-21-46/h1-38H. The highest BCUT2D eigenvalue weighted by molar-refractivity contribution is 6.24. The van der Waals surface area contributed by atoms with Gasteiger partial charge < -0.3 is 13.9 Å². The topological polar surface area (TPSA) is 21.3 Å². The van der Waals surface area contributed by atoms with E-state index < -0.39 is 0 Å². The Morgan fingerprint density at radius 2 is 0.918 bits per heavy atom. The van der Waals surface area contributed by atoms with E-state index >= 15 is 0 Å². The first-order chi connectivity index (χ1) is 30.3. The molecule has 0 aliphatic heterocycles. The van der Waals surface area contributed by atoms with Gasteiger partial charge in [0.1, 0.15) is 11.2 Å². The average molecular weight is 779 g/mol. The van der Waals surface area contributed by atoms with E-state index in [0.29, 0.717) is 0 Å². The van der Waals surface area contributed by atoms with Gasteiger partial charge in [0.15, 0.2) is 0 Å². The van der Waals surface area contributed by atoms with Crippen LogP contribution in [0.2, 0.25) is 0 Å². The Kier molecular flexibility index (Phi) is 8.17. The molecule has 0 radical (unpaired) electrons. The zero-order valence-electron chi connectivity index (χ0n) is 33.2. The van der Waals surface area contributed by atoms with Gasteiger partial charge in [0.2, 0.25) is 0 Å². The van der Waals surface area contributed by atoms with E-state index in [1.165, 1.54) is 43.8 Å². The predicted octanol–water partition coefficient (Wildman–Crippen LogP) is 16.3. The summed E-state index contributed by atoms with van der Waals surface area (Å²) in [7, 11) is 0. The smallest absolute Gasteiger partial charge is 0.138 e. The molecule has 0 spiro atoms. The Morgan fingerprint density at radius 3 is 1.66 bits per heavy atom. The van der Waals surface area contributed by atoms with Gasteiger partial charge in [-0.3, -0.25) is 0 Å². The van der Waals surface area contributed by atoms with Gasteiger partial charge in [0, 0.05) is 33.2 Å². The van der Waals surface area contributed by atoms with Gasteiger partial charge in [0.05, 0.1) is 22.1 Å². The van der Waals surface area contributed by atoms with E-state index in [2.05, 4.69) is 240 Å². The van der Waals surface area contributed by atoms with Crippen LogP contribution in [-0.4, -0.2) is 4.57 Å². The van der Waals surface area contributed by atoms with Crippen LogP contribution >= 0.6 is 0 Å². The van der Waals surface area contributed by atoms with Crippen LogP contribution < -0.4 is 4.90 Å². The van der Waals surface area contributed by atoms with Crippen molar-refractivity contribution in [3.05, 3.63) is 231 Å². The van der Waals surface area contributed by atoms with Crippen LogP contribution in [0, 0.1) is 0 Å². The van der Waals surface area contributed by atoms with Crippen LogP contribution in [0.1, 0.15) is 0 Å². The first kappa shape index (κ1) is 34.9. The number of benzene rings is 10. The van der Waals surface area contributed by atoms with Crippen molar-refractivity contribution in [2.24, 2.45) is 0 Å². The lowest BCUT2D eigenvalue weighted by Crippen LogP contribution is -2.10. The Bertz CT molecular complexity index is 3550. The fraction of sp³-hybridized carbons (Fsp3) is 0. The van der Waals surface area contributed by atoms with E-state index in [4.69, 9.17) is 4.42 Å². The second-order valence-corrected chi connectivity index (χ2v) is 15.7. The number of nitrogens with zero attached hydrogens (tertiary/aromatic N) is 2. The van der Waals surface area contributed by atoms with Crippen LogP contribution in [0.4, 0.5) is 17.1 Å². The zero-order chi connectivity index (χ0) is 40.3. The molecule has 2 aromatic heterocycles. The van der Waals surface area contributed by atoms with Crippen molar-refractivity contribution in [2.45, 2.75) is 0 Å². The van der Waals surface area contributed by atoms with Crippen LogP contribution in [0.3, 0.4) is 0 Å². The first-order valence-corrected chi connectivity index (χ1v) is 20.8. The average Bonchev–Trinajstić information content (AvgIpc) is 3.89. The minimum Gasteiger partial charge on any atom is -0.456 e. The van der Waals surface area contributed by atoms with Crippen LogP contribution in [0.15, 0.2) is 235 Å². The third-order valence-corrected chi connectivity index (χ3v) is 12.2. The first-order valence-electron chi connectivity index (χ1n) is 20.8. The second kappa shape index (κ2) is 14.3. The van der Waals surface area contributed by atoms with Gasteiger partial charge >= 0.3 is 0 Å². The summed E-state index contributed by atoms with van der Waals surface area (Å²) in [5, 5.41) is 6.97. The molecule has 10 aromatic carbocycles. The zero-order valence-corrected chi connectivity index (χ0v) is 33.2. The summed E-state index contributed by atoms with van der Waals surface area (Å²) in [6, 6.07) is 82.8. The van der Waals surface area contributed by atoms with Gasteiger partial charge in [-0.2, -0.15) is 0 Å². The van der Waals surface area contributed by atoms with Gasteiger partial charge in [-0.15, -0.1) is 0 Å². The highest BCUT2D eigenvalue weighted by Gasteiger charge is 2.24. The largest absolute Gasteiger partial charge is 0.456 e. The number of hydrogen-bond donors (Lipinski definition) is 0. The summed E-state index contributed by atoms with van der Waals surface area (Å²) in [5.74, 6) is 0. The fourth-order valence-corrected chi connectivity index (χ4v) is 9.39. The summed E-state index contributed by atoms with van der Waals surface area (Å²) in [4.78, 5) is 2.40. The summed E-state index contributed by atoms with van der Waals surface area (Å²) >= 11 is 0. The molecular formula is C58H38N2O. The third-order valence-electron chi connectivity index (χ3n) is 12.2. The molecule has 0 aliphatic rings. The highest BCUT2D eigenvalue weighted by atomic mass is 16.3. The SMILES string of the molecule is c1ccc(-c2ccc(-c3ccc(N(c4ccccc4)c4cc(-c5cccc6c5c5ccccc5n6-c5ccccc5)cc5oc6ccc7ccccc7c6c45)cc3)cc2)cc1. The van der Waals surface area contributed by atoms with Crippen molar-refractivity contribution >= 4 is 71.6 Å². The van der Waals surface area contributed by atoms with Crippen molar-refractivity contribution in [1.82, 2.24) is 4.57 Å². The summed E-state index contributed by atoms with van der Waals surface area (Å²) < 4.78 is 9.33. The number of aromatic nitrogens is 1. The Morgan fingerprint density at radius 1 is 0.344 bits per heavy atom. The number of anilines is 3. The maximum atomic E-state index is 6.95. The number of para-hydroxylation sites is 3. The molecule has 0 unspecified atom stereocenters. The van der Waals surface area contributed by atoms with Crippen molar-refractivity contribution < 1.29 is 4.42 Å². The van der Waals surface area contributed by atoms with Crippen LogP contribution in [0.5, 0.6) is 0 Å². The Balaban J connectivity index is 1.10. The molecule has 3 nitrogen and oxygen atoms in total. The molecular weight excluding hydrogens is 741 g/mol. The molecule has 0 amide bonds. The minimum absolute atomic E-state index is 0.846. The van der Waals surface area contributed by atoms with Crippen molar-refractivity contribution in [3.8, 4) is 39.1 Å². The maximum Gasteiger partial charge on any atom is 0.138 e. The maximum absolute atomic E-state index is 6.95. The van der Waals surface area contributed by atoms with Crippen molar-refractivity contribution in [2.75, 3.05) is 4.90 Å². The van der Waals surface area contributed by atoms with E-state index in [9.17, 15) is 0 Å². The normalized spacial score (nSPS) is 11.6. The minimum atomic E-state index is 0.846. The monoisotopic (exact) mass is 778 g/mol. The number of rotatable bonds is 7. The number of hydrogen-bond acceptors (Lipinski definition) is 2. The number of furan rings is 1. The molecule has 0 saturated heterocycles. The van der Waals surface area contributed by atoms with Crippen LogP contribution in [-0.2, 0) is 0 Å². The number of fused-ring (bicyclic) bond motifs is 8. The second-order valence-electron chi connectivity index (χ2n) is 15.7. The summed E-state index contributed by atoms with van der Waals surface area (Å²) in [5.41, 5.74) is 15.4.